The first-order valence-corrected chi connectivity index (χ1v) is 6.06. The number of alkyl halides is 3. The van der Waals surface area contributed by atoms with Gasteiger partial charge < -0.3 is 15.4 Å². The fraction of sp³-hybridized carbons (Fsp3) is 0.462. The summed E-state index contributed by atoms with van der Waals surface area (Å²) in [5, 5.41) is 5.35. The summed E-state index contributed by atoms with van der Waals surface area (Å²) in [6.45, 7) is 0.819. The molecule has 1 aromatic rings. The van der Waals surface area contributed by atoms with Gasteiger partial charge in [-0.1, -0.05) is 6.07 Å². The number of halogens is 3. The Morgan fingerprint density at radius 3 is 2.65 bits per heavy atom. The quantitative estimate of drug-likeness (QED) is 0.846. The van der Waals surface area contributed by atoms with E-state index in [9.17, 15) is 18.0 Å². The van der Waals surface area contributed by atoms with E-state index in [1.54, 1.807) is 20.0 Å². The molecule has 1 aromatic carbocycles. The molecule has 0 aromatic heterocycles. The maximum atomic E-state index is 12.2. The Hall–Kier alpha value is -1.76. The van der Waals surface area contributed by atoms with Crippen molar-refractivity contribution in [1.82, 2.24) is 5.32 Å². The summed E-state index contributed by atoms with van der Waals surface area (Å²) in [6, 6.07) is 4.67. The minimum atomic E-state index is -4.42. The Balaban J connectivity index is 2.76. The van der Waals surface area contributed by atoms with Crippen LogP contribution in [-0.2, 0) is 4.79 Å². The van der Waals surface area contributed by atoms with Gasteiger partial charge >= 0.3 is 6.18 Å². The van der Waals surface area contributed by atoms with Crippen LogP contribution in [0.1, 0.15) is 12.0 Å². The minimum absolute atomic E-state index is 0.0140. The molecule has 0 heterocycles. The van der Waals surface area contributed by atoms with Crippen LogP contribution in [0.5, 0.6) is 5.75 Å². The third-order valence-electron chi connectivity index (χ3n) is 2.40. The monoisotopic (exact) mass is 290 g/mol. The van der Waals surface area contributed by atoms with Crippen molar-refractivity contribution >= 4 is 11.6 Å². The average Bonchev–Trinajstić information content (AvgIpc) is 2.35. The second-order valence-corrected chi connectivity index (χ2v) is 4.31. The molecule has 0 aliphatic rings. The fourth-order valence-corrected chi connectivity index (χ4v) is 1.46. The zero-order valence-corrected chi connectivity index (χ0v) is 11.3. The predicted octanol–water partition coefficient (Wildman–Crippen LogP) is 2.48. The highest BCUT2D eigenvalue weighted by Crippen LogP contribution is 2.28. The Kier molecular flexibility index (Phi) is 5.82. The molecule has 2 N–H and O–H groups in total. The van der Waals surface area contributed by atoms with Crippen LogP contribution in [-0.4, -0.2) is 32.3 Å². The number of nitrogens with one attached hydrogen (secondary N) is 2. The van der Waals surface area contributed by atoms with Crippen molar-refractivity contribution in [2.45, 2.75) is 19.5 Å². The van der Waals surface area contributed by atoms with Gasteiger partial charge in [-0.05, 0) is 31.7 Å². The van der Waals surface area contributed by atoms with E-state index in [4.69, 9.17) is 4.74 Å². The summed E-state index contributed by atoms with van der Waals surface area (Å²) in [7, 11) is 1.71. The number of ether oxygens (including phenoxy) is 1. The topological polar surface area (TPSA) is 50.4 Å². The average molecular weight is 290 g/mol. The van der Waals surface area contributed by atoms with Gasteiger partial charge in [0.1, 0.15) is 5.75 Å². The van der Waals surface area contributed by atoms with Crippen LogP contribution in [0.15, 0.2) is 18.2 Å². The Bertz CT molecular complexity index is 461. The van der Waals surface area contributed by atoms with Gasteiger partial charge in [0.05, 0.1) is 5.69 Å². The lowest BCUT2D eigenvalue weighted by atomic mass is 10.2. The number of aryl methyl sites for hydroxylation is 1. The summed E-state index contributed by atoms with van der Waals surface area (Å²) < 4.78 is 41.3. The van der Waals surface area contributed by atoms with Crippen LogP contribution in [0.3, 0.4) is 0 Å². The molecule has 0 fully saturated rings. The standard InChI is InChI=1S/C13H17F3N2O2/c1-9-3-4-10(18-12(19)5-6-17-2)11(7-9)20-8-13(14,15)16/h3-4,7,17H,5-6,8H2,1-2H3,(H,18,19). The van der Waals surface area contributed by atoms with E-state index in [0.717, 1.165) is 5.56 Å². The summed E-state index contributed by atoms with van der Waals surface area (Å²) in [5.41, 5.74) is 0.983. The van der Waals surface area contributed by atoms with E-state index < -0.39 is 12.8 Å². The maximum absolute atomic E-state index is 12.2. The molecular weight excluding hydrogens is 273 g/mol. The summed E-state index contributed by atoms with van der Waals surface area (Å²) in [5.74, 6) is -0.278. The summed E-state index contributed by atoms with van der Waals surface area (Å²) in [4.78, 5) is 11.6. The van der Waals surface area contributed by atoms with Gasteiger partial charge in [0.15, 0.2) is 6.61 Å². The molecule has 4 nitrogen and oxygen atoms in total. The molecule has 20 heavy (non-hydrogen) atoms. The molecule has 0 aliphatic heterocycles. The van der Waals surface area contributed by atoms with Gasteiger partial charge in [-0.15, -0.1) is 0 Å². The van der Waals surface area contributed by atoms with E-state index in [0.29, 0.717) is 6.54 Å². The van der Waals surface area contributed by atoms with Crippen molar-refractivity contribution in [3.05, 3.63) is 23.8 Å². The van der Waals surface area contributed by atoms with E-state index in [1.807, 2.05) is 0 Å². The van der Waals surface area contributed by atoms with Crippen LogP contribution in [0.25, 0.3) is 0 Å². The second kappa shape index (κ2) is 7.14. The number of anilines is 1. The zero-order valence-electron chi connectivity index (χ0n) is 11.3. The van der Waals surface area contributed by atoms with Crippen molar-refractivity contribution in [1.29, 1.82) is 0 Å². The molecule has 1 amide bonds. The molecule has 7 heteroatoms. The zero-order chi connectivity index (χ0) is 15.2. The number of hydrogen-bond donors (Lipinski definition) is 2. The maximum Gasteiger partial charge on any atom is 0.422 e. The largest absolute Gasteiger partial charge is 0.482 e. The van der Waals surface area contributed by atoms with Gasteiger partial charge in [0.25, 0.3) is 0 Å². The molecule has 0 saturated carbocycles. The van der Waals surface area contributed by atoms with E-state index in [-0.39, 0.29) is 23.8 Å². The lowest BCUT2D eigenvalue weighted by molar-refractivity contribution is -0.153. The molecule has 0 radical (unpaired) electrons. The van der Waals surface area contributed by atoms with Crippen molar-refractivity contribution in [2.75, 3.05) is 25.5 Å². The molecule has 0 saturated heterocycles. The Morgan fingerprint density at radius 2 is 2.05 bits per heavy atom. The highest BCUT2D eigenvalue weighted by Gasteiger charge is 2.29. The van der Waals surface area contributed by atoms with Gasteiger partial charge in [-0.2, -0.15) is 13.2 Å². The van der Waals surface area contributed by atoms with Crippen molar-refractivity contribution < 1.29 is 22.7 Å². The smallest absolute Gasteiger partial charge is 0.422 e. The number of rotatable bonds is 6. The molecule has 0 atom stereocenters. The van der Waals surface area contributed by atoms with Crippen LogP contribution >= 0.6 is 0 Å². The molecule has 0 aliphatic carbocycles. The third-order valence-corrected chi connectivity index (χ3v) is 2.40. The Morgan fingerprint density at radius 1 is 1.35 bits per heavy atom. The van der Waals surface area contributed by atoms with Crippen molar-refractivity contribution in [3.63, 3.8) is 0 Å². The highest BCUT2D eigenvalue weighted by molar-refractivity contribution is 5.92. The van der Waals surface area contributed by atoms with Crippen LogP contribution in [0.2, 0.25) is 0 Å². The summed E-state index contributed by atoms with van der Waals surface area (Å²) >= 11 is 0. The van der Waals surface area contributed by atoms with Crippen LogP contribution < -0.4 is 15.4 Å². The van der Waals surface area contributed by atoms with Crippen LogP contribution in [0, 0.1) is 6.92 Å². The van der Waals surface area contributed by atoms with Gasteiger partial charge in [-0.3, -0.25) is 4.79 Å². The van der Waals surface area contributed by atoms with E-state index >= 15 is 0 Å². The van der Waals surface area contributed by atoms with E-state index in [1.165, 1.54) is 12.1 Å². The molecule has 1 rings (SSSR count). The SMILES string of the molecule is CNCCC(=O)Nc1ccc(C)cc1OCC(F)(F)F. The van der Waals surface area contributed by atoms with Gasteiger partial charge in [-0.25, -0.2) is 0 Å². The molecular formula is C13H17F3N2O2. The number of benzene rings is 1. The first-order chi connectivity index (χ1) is 9.31. The first-order valence-electron chi connectivity index (χ1n) is 6.06. The Labute approximate surface area is 115 Å². The molecule has 0 bridgehead atoms. The van der Waals surface area contributed by atoms with Crippen molar-refractivity contribution in [2.24, 2.45) is 0 Å². The normalized spacial score (nSPS) is 11.2. The third kappa shape index (κ3) is 5.92. The van der Waals surface area contributed by atoms with E-state index in [2.05, 4.69) is 10.6 Å². The molecule has 112 valence electrons. The first kappa shape index (κ1) is 16.3. The van der Waals surface area contributed by atoms with Gasteiger partial charge in [0, 0.05) is 13.0 Å². The van der Waals surface area contributed by atoms with Crippen LogP contribution in [0.4, 0.5) is 18.9 Å². The van der Waals surface area contributed by atoms with Gasteiger partial charge in [0.2, 0.25) is 5.91 Å². The lowest BCUT2D eigenvalue weighted by Crippen LogP contribution is -2.21. The number of hydrogen-bond acceptors (Lipinski definition) is 3. The molecule has 0 unspecified atom stereocenters. The fourth-order valence-electron chi connectivity index (χ4n) is 1.46. The highest BCUT2D eigenvalue weighted by atomic mass is 19.4. The molecule has 0 spiro atoms. The number of amides is 1. The summed E-state index contributed by atoms with van der Waals surface area (Å²) in [6.07, 6.45) is -4.19. The van der Waals surface area contributed by atoms with Crippen molar-refractivity contribution in [3.8, 4) is 5.75 Å². The second-order valence-electron chi connectivity index (χ2n) is 4.31. The lowest BCUT2D eigenvalue weighted by Gasteiger charge is -2.14. The number of carbonyl (C=O) groups is 1. The minimum Gasteiger partial charge on any atom is -0.482 e. The number of carbonyl (C=O) groups excluding carboxylic acids is 1. The predicted molar refractivity (Wildman–Crippen MR) is 69.9 cm³/mol.